The van der Waals surface area contributed by atoms with Crippen molar-refractivity contribution in [3.63, 3.8) is 0 Å². The Morgan fingerprint density at radius 3 is 2.64 bits per heavy atom. The quantitative estimate of drug-likeness (QED) is 0.545. The minimum absolute atomic E-state index is 0.637. The van der Waals surface area contributed by atoms with E-state index in [1.54, 1.807) is 6.07 Å². The normalized spacial score (nSPS) is 9.64. The fourth-order valence-corrected chi connectivity index (χ4v) is 1.34. The van der Waals surface area contributed by atoms with Crippen LogP contribution in [0.3, 0.4) is 0 Å². The summed E-state index contributed by atoms with van der Waals surface area (Å²) in [4.78, 5) is 0. The Labute approximate surface area is 74.1 Å². The van der Waals surface area contributed by atoms with Crippen molar-refractivity contribution in [2.45, 2.75) is 6.92 Å². The maximum atomic E-state index is 7.09. The van der Waals surface area contributed by atoms with Crippen molar-refractivity contribution in [2.24, 2.45) is 0 Å². The van der Waals surface area contributed by atoms with Crippen LogP contribution in [0, 0.1) is 12.3 Å². The van der Waals surface area contributed by atoms with Crippen LogP contribution in [-0.2, 0) is 0 Å². The number of hydrogen-bond acceptors (Lipinski definition) is 2. The van der Waals surface area contributed by atoms with Crippen molar-refractivity contribution < 1.29 is 0 Å². The monoisotopic (exact) mass is 212 g/mol. The summed E-state index contributed by atoms with van der Waals surface area (Å²) in [5.74, 6) is 0. The van der Waals surface area contributed by atoms with Crippen LogP contribution >= 0.6 is 15.9 Å². The predicted octanol–water partition coefficient (Wildman–Crippen LogP) is 2.34. The van der Waals surface area contributed by atoms with E-state index in [0.29, 0.717) is 5.69 Å². The van der Waals surface area contributed by atoms with Gasteiger partial charge in [0.15, 0.2) is 0 Å². The predicted molar refractivity (Wildman–Crippen MR) is 51.2 cm³/mol. The van der Waals surface area contributed by atoms with Crippen LogP contribution in [0.1, 0.15) is 11.1 Å². The lowest BCUT2D eigenvalue weighted by atomic mass is 10.1. The molecule has 0 saturated carbocycles. The molecule has 58 valence electrons. The molecular weight excluding hydrogens is 204 g/mol. The van der Waals surface area contributed by atoms with Crippen LogP contribution in [0.2, 0.25) is 0 Å². The van der Waals surface area contributed by atoms with Crippen LogP contribution in [0.5, 0.6) is 0 Å². The van der Waals surface area contributed by atoms with Crippen molar-refractivity contribution >= 4 is 27.8 Å². The Bertz CT molecular complexity index is 294. The molecule has 3 heteroatoms. The molecule has 0 aliphatic rings. The zero-order chi connectivity index (χ0) is 8.43. The highest BCUT2D eigenvalue weighted by Gasteiger charge is 2.02. The number of anilines is 1. The SMILES string of the molecule is Cc1ccc(N)c(C=N)c1Br. The maximum absolute atomic E-state index is 7.09. The number of aryl methyl sites for hydroxylation is 1. The Kier molecular flexibility index (Phi) is 2.29. The van der Waals surface area contributed by atoms with Gasteiger partial charge in [0.2, 0.25) is 0 Å². The average molecular weight is 213 g/mol. The largest absolute Gasteiger partial charge is 0.398 e. The van der Waals surface area contributed by atoms with Gasteiger partial charge < -0.3 is 11.1 Å². The van der Waals surface area contributed by atoms with E-state index in [-0.39, 0.29) is 0 Å². The van der Waals surface area contributed by atoms with Crippen molar-refractivity contribution in [2.75, 3.05) is 5.73 Å². The first-order valence-electron chi connectivity index (χ1n) is 3.22. The highest BCUT2D eigenvalue weighted by molar-refractivity contribution is 9.10. The Morgan fingerprint density at radius 1 is 1.55 bits per heavy atom. The maximum Gasteiger partial charge on any atom is 0.0414 e. The van der Waals surface area contributed by atoms with E-state index in [2.05, 4.69) is 15.9 Å². The molecule has 0 saturated heterocycles. The fourth-order valence-electron chi connectivity index (χ4n) is 0.864. The van der Waals surface area contributed by atoms with Gasteiger partial charge in [-0.2, -0.15) is 0 Å². The molecule has 0 aliphatic carbocycles. The minimum atomic E-state index is 0.637. The Hall–Kier alpha value is -0.830. The molecule has 0 atom stereocenters. The second-order valence-corrected chi connectivity index (χ2v) is 3.14. The van der Waals surface area contributed by atoms with E-state index in [4.69, 9.17) is 11.1 Å². The highest BCUT2D eigenvalue weighted by Crippen LogP contribution is 2.24. The van der Waals surface area contributed by atoms with E-state index < -0.39 is 0 Å². The molecular formula is C8H9BrN2. The number of nitrogens with two attached hydrogens (primary N) is 1. The van der Waals surface area contributed by atoms with E-state index in [0.717, 1.165) is 15.6 Å². The fraction of sp³-hybridized carbons (Fsp3) is 0.125. The summed E-state index contributed by atoms with van der Waals surface area (Å²) in [6.45, 7) is 1.97. The molecule has 0 radical (unpaired) electrons. The van der Waals surface area contributed by atoms with Gasteiger partial charge in [0, 0.05) is 21.9 Å². The lowest BCUT2D eigenvalue weighted by Crippen LogP contribution is -1.95. The molecule has 0 aliphatic heterocycles. The van der Waals surface area contributed by atoms with Gasteiger partial charge in [0.1, 0.15) is 0 Å². The third-order valence-corrected chi connectivity index (χ3v) is 2.60. The van der Waals surface area contributed by atoms with Crippen molar-refractivity contribution in [1.82, 2.24) is 0 Å². The van der Waals surface area contributed by atoms with Crippen molar-refractivity contribution in [1.29, 1.82) is 5.41 Å². The van der Waals surface area contributed by atoms with Crippen LogP contribution < -0.4 is 5.73 Å². The molecule has 0 spiro atoms. The molecule has 1 aromatic carbocycles. The van der Waals surface area contributed by atoms with Gasteiger partial charge >= 0.3 is 0 Å². The Morgan fingerprint density at radius 2 is 2.18 bits per heavy atom. The number of hydrogen-bond donors (Lipinski definition) is 2. The van der Waals surface area contributed by atoms with Gasteiger partial charge in [0.05, 0.1) is 0 Å². The molecule has 0 amide bonds. The van der Waals surface area contributed by atoms with E-state index in [1.165, 1.54) is 6.21 Å². The highest BCUT2D eigenvalue weighted by atomic mass is 79.9. The van der Waals surface area contributed by atoms with Crippen molar-refractivity contribution in [3.8, 4) is 0 Å². The van der Waals surface area contributed by atoms with E-state index >= 15 is 0 Å². The summed E-state index contributed by atoms with van der Waals surface area (Å²) in [5, 5.41) is 7.09. The second-order valence-electron chi connectivity index (χ2n) is 2.34. The average Bonchev–Trinajstić information content (AvgIpc) is 1.99. The van der Waals surface area contributed by atoms with E-state index in [1.807, 2.05) is 13.0 Å². The molecule has 0 aromatic heterocycles. The minimum Gasteiger partial charge on any atom is -0.398 e. The number of halogens is 1. The second kappa shape index (κ2) is 3.05. The smallest absolute Gasteiger partial charge is 0.0414 e. The topological polar surface area (TPSA) is 49.9 Å². The molecule has 0 heterocycles. The number of nitrogen functional groups attached to an aromatic ring is 1. The summed E-state index contributed by atoms with van der Waals surface area (Å²) in [7, 11) is 0. The Balaban J connectivity index is 3.40. The van der Waals surface area contributed by atoms with Gasteiger partial charge in [0.25, 0.3) is 0 Å². The van der Waals surface area contributed by atoms with Crippen LogP contribution in [-0.4, -0.2) is 6.21 Å². The van der Waals surface area contributed by atoms with Crippen molar-refractivity contribution in [3.05, 3.63) is 27.7 Å². The lowest BCUT2D eigenvalue weighted by molar-refractivity contribution is 1.41. The molecule has 2 nitrogen and oxygen atoms in total. The zero-order valence-corrected chi connectivity index (χ0v) is 7.77. The van der Waals surface area contributed by atoms with E-state index in [9.17, 15) is 0 Å². The first-order chi connectivity index (χ1) is 5.16. The molecule has 1 aromatic rings. The third-order valence-electron chi connectivity index (χ3n) is 1.55. The molecule has 1 rings (SSSR count). The third kappa shape index (κ3) is 1.43. The lowest BCUT2D eigenvalue weighted by Gasteiger charge is -2.04. The molecule has 0 bridgehead atoms. The van der Waals surface area contributed by atoms with Crippen LogP contribution in [0.4, 0.5) is 5.69 Å². The number of nitrogens with one attached hydrogen (secondary N) is 1. The molecule has 11 heavy (non-hydrogen) atoms. The summed E-state index contributed by atoms with van der Waals surface area (Å²) in [6, 6.07) is 3.73. The molecule has 0 unspecified atom stereocenters. The summed E-state index contributed by atoms with van der Waals surface area (Å²) in [6.07, 6.45) is 1.26. The summed E-state index contributed by atoms with van der Waals surface area (Å²) in [5.41, 5.74) is 8.11. The first-order valence-corrected chi connectivity index (χ1v) is 4.01. The standard InChI is InChI=1S/C8H9BrN2/c1-5-2-3-7(11)6(4-10)8(5)9/h2-4,10H,11H2,1H3. The molecule has 0 fully saturated rings. The van der Waals surface area contributed by atoms with Crippen LogP contribution in [0.15, 0.2) is 16.6 Å². The summed E-state index contributed by atoms with van der Waals surface area (Å²) >= 11 is 3.36. The van der Waals surface area contributed by atoms with Gasteiger partial charge in [-0.05, 0) is 34.5 Å². The van der Waals surface area contributed by atoms with Gasteiger partial charge in [-0.3, -0.25) is 0 Å². The van der Waals surface area contributed by atoms with Gasteiger partial charge in [-0.25, -0.2) is 0 Å². The molecule has 3 N–H and O–H groups in total. The summed E-state index contributed by atoms with van der Waals surface area (Å²) < 4.78 is 0.910. The zero-order valence-electron chi connectivity index (χ0n) is 6.19. The van der Waals surface area contributed by atoms with Gasteiger partial charge in [-0.15, -0.1) is 0 Å². The number of benzene rings is 1. The first kappa shape index (κ1) is 8.27. The number of rotatable bonds is 1. The van der Waals surface area contributed by atoms with Gasteiger partial charge in [-0.1, -0.05) is 6.07 Å². The van der Waals surface area contributed by atoms with Crippen LogP contribution in [0.25, 0.3) is 0 Å².